The molecule has 3 N–H and O–H groups in total. The zero-order chi connectivity index (χ0) is 13.8. The third-order valence-electron chi connectivity index (χ3n) is 2.50. The second kappa shape index (κ2) is 6.18. The van der Waals surface area contributed by atoms with Crippen molar-refractivity contribution in [3.8, 4) is 0 Å². The van der Waals surface area contributed by atoms with Crippen LogP contribution < -0.4 is 11.3 Å². The van der Waals surface area contributed by atoms with Gasteiger partial charge in [0.2, 0.25) is 0 Å². The van der Waals surface area contributed by atoms with Crippen molar-refractivity contribution in [2.24, 2.45) is 5.84 Å². The average Bonchev–Trinajstić information content (AvgIpc) is 2.43. The van der Waals surface area contributed by atoms with Gasteiger partial charge in [-0.25, -0.2) is 20.8 Å². The van der Waals surface area contributed by atoms with Crippen LogP contribution in [0.25, 0.3) is 0 Å². The van der Waals surface area contributed by atoms with Crippen molar-refractivity contribution in [1.29, 1.82) is 0 Å². The highest BCUT2D eigenvalue weighted by Gasteiger charge is 2.11. The molecule has 0 aliphatic heterocycles. The van der Waals surface area contributed by atoms with Crippen molar-refractivity contribution in [3.05, 3.63) is 34.7 Å². The number of pyridine rings is 1. The molecule has 0 radical (unpaired) electrons. The Bertz CT molecular complexity index is 573. The van der Waals surface area contributed by atoms with Crippen molar-refractivity contribution in [1.82, 2.24) is 15.0 Å². The van der Waals surface area contributed by atoms with Crippen LogP contribution in [0.2, 0.25) is 5.02 Å². The Hall–Kier alpha value is -1.37. The van der Waals surface area contributed by atoms with Crippen LogP contribution in [0.5, 0.6) is 0 Å². The van der Waals surface area contributed by atoms with Gasteiger partial charge in [0.15, 0.2) is 0 Å². The van der Waals surface area contributed by atoms with E-state index < -0.39 is 0 Å². The molecular weight excluding hydrogens is 282 g/mol. The van der Waals surface area contributed by atoms with Crippen molar-refractivity contribution in [2.45, 2.75) is 30.3 Å². The SMILES string of the molecule is CCc1nc(NN)c(C)c(Sc2ccc(Cl)cn2)n1. The fourth-order valence-corrected chi connectivity index (χ4v) is 2.41. The van der Waals surface area contributed by atoms with E-state index in [1.54, 1.807) is 12.3 Å². The van der Waals surface area contributed by atoms with Gasteiger partial charge in [-0.15, -0.1) is 0 Å². The van der Waals surface area contributed by atoms with Crippen molar-refractivity contribution in [2.75, 3.05) is 5.43 Å². The molecule has 0 aliphatic carbocycles. The van der Waals surface area contributed by atoms with Gasteiger partial charge in [0.25, 0.3) is 0 Å². The highest BCUT2D eigenvalue weighted by atomic mass is 35.5. The number of hydrogen-bond acceptors (Lipinski definition) is 6. The number of hydrogen-bond donors (Lipinski definition) is 2. The first-order valence-electron chi connectivity index (χ1n) is 5.77. The zero-order valence-electron chi connectivity index (χ0n) is 10.6. The summed E-state index contributed by atoms with van der Waals surface area (Å²) < 4.78 is 0. The first kappa shape index (κ1) is 14.0. The molecule has 0 bridgehead atoms. The lowest BCUT2D eigenvalue weighted by Crippen LogP contribution is -2.13. The number of aromatic nitrogens is 3. The maximum atomic E-state index is 5.82. The van der Waals surface area contributed by atoms with Gasteiger partial charge in [0.1, 0.15) is 21.7 Å². The van der Waals surface area contributed by atoms with Gasteiger partial charge in [0, 0.05) is 18.2 Å². The minimum absolute atomic E-state index is 0.613. The van der Waals surface area contributed by atoms with Gasteiger partial charge in [0.05, 0.1) is 5.02 Å². The van der Waals surface area contributed by atoms with Crippen LogP contribution in [-0.4, -0.2) is 15.0 Å². The van der Waals surface area contributed by atoms with Crippen LogP contribution >= 0.6 is 23.4 Å². The summed E-state index contributed by atoms with van der Waals surface area (Å²) in [6, 6.07) is 3.66. The van der Waals surface area contributed by atoms with E-state index in [2.05, 4.69) is 20.4 Å². The molecule has 0 amide bonds. The van der Waals surface area contributed by atoms with Gasteiger partial charge in [-0.2, -0.15) is 0 Å². The van der Waals surface area contributed by atoms with Gasteiger partial charge in [-0.05, 0) is 30.8 Å². The van der Waals surface area contributed by atoms with Gasteiger partial charge in [-0.1, -0.05) is 18.5 Å². The predicted molar refractivity (Wildman–Crippen MR) is 77.3 cm³/mol. The molecule has 0 saturated heterocycles. The van der Waals surface area contributed by atoms with Gasteiger partial charge >= 0.3 is 0 Å². The number of nitrogens with two attached hydrogens (primary N) is 1. The maximum absolute atomic E-state index is 5.82. The lowest BCUT2D eigenvalue weighted by atomic mass is 10.3. The molecule has 2 aromatic rings. The molecule has 2 rings (SSSR count). The Labute approximate surface area is 121 Å². The van der Waals surface area contributed by atoms with E-state index in [0.717, 1.165) is 27.9 Å². The van der Waals surface area contributed by atoms with E-state index in [1.165, 1.54) is 11.8 Å². The molecule has 19 heavy (non-hydrogen) atoms. The third-order valence-corrected chi connectivity index (χ3v) is 3.77. The molecule has 0 atom stereocenters. The molecule has 2 heterocycles. The summed E-state index contributed by atoms with van der Waals surface area (Å²) in [6.45, 7) is 3.92. The minimum Gasteiger partial charge on any atom is -0.308 e. The van der Waals surface area contributed by atoms with Crippen LogP contribution in [0.15, 0.2) is 28.4 Å². The Morgan fingerprint density at radius 1 is 1.37 bits per heavy atom. The normalized spacial score (nSPS) is 10.5. The Morgan fingerprint density at radius 3 is 2.74 bits per heavy atom. The lowest BCUT2D eigenvalue weighted by Gasteiger charge is -2.10. The monoisotopic (exact) mass is 295 g/mol. The molecule has 7 heteroatoms. The summed E-state index contributed by atoms with van der Waals surface area (Å²) in [5, 5.41) is 2.29. The molecular formula is C12H14ClN5S. The number of aryl methyl sites for hydroxylation is 1. The molecule has 5 nitrogen and oxygen atoms in total. The number of hydrazine groups is 1. The smallest absolute Gasteiger partial charge is 0.147 e. The fourth-order valence-electron chi connectivity index (χ4n) is 1.46. The van der Waals surface area contributed by atoms with Crippen LogP contribution in [-0.2, 0) is 6.42 Å². The number of nitrogen functional groups attached to an aromatic ring is 1. The van der Waals surface area contributed by atoms with E-state index in [9.17, 15) is 0 Å². The lowest BCUT2D eigenvalue weighted by molar-refractivity contribution is 0.870. The summed E-state index contributed by atoms with van der Waals surface area (Å²) in [6.07, 6.45) is 2.36. The predicted octanol–water partition coefficient (Wildman–Crippen LogP) is 2.83. The van der Waals surface area contributed by atoms with E-state index >= 15 is 0 Å². The van der Waals surface area contributed by atoms with Crippen molar-refractivity contribution < 1.29 is 0 Å². The highest BCUT2D eigenvalue weighted by Crippen LogP contribution is 2.30. The largest absolute Gasteiger partial charge is 0.308 e. The summed E-state index contributed by atoms with van der Waals surface area (Å²) in [5.41, 5.74) is 3.50. The molecule has 100 valence electrons. The number of anilines is 1. The van der Waals surface area contributed by atoms with Crippen LogP contribution in [0.4, 0.5) is 5.82 Å². The van der Waals surface area contributed by atoms with E-state index in [1.807, 2.05) is 19.9 Å². The first-order chi connectivity index (χ1) is 9.13. The fraction of sp³-hybridized carbons (Fsp3) is 0.250. The second-order valence-corrected chi connectivity index (χ2v) is 5.28. The summed E-state index contributed by atoms with van der Waals surface area (Å²) >= 11 is 7.28. The Balaban J connectivity index is 2.35. The number of rotatable bonds is 4. The van der Waals surface area contributed by atoms with E-state index in [-0.39, 0.29) is 0 Å². The average molecular weight is 296 g/mol. The van der Waals surface area contributed by atoms with Crippen molar-refractivity contribution in [3.63, 3.8) is 0 Å². The third kappa shape index (κ3) is 3.34. The van der Waals surface area contributed by atoms with Crippen LogP contribution in [0, 0.1) is 6.92 Å². The molecule has 0 unspecified atom stereocenters. The minimum atomic E-state index is 0.613. The molecule has 0 aliphatic rings. The van der Waals surface area contributed by atoms with Crippen molar-refractivity contribution >= 4 is 29.2 Å². The number of nitrogens with one attached hydrogen (secondary N) is 1. The van der Waals surface area contributed by atoms with Gasteiger partial charge < -0.3 is 5.43 Å². The quantitative estimate of drug-likeness (QED) is 0.513. The standard InChI is InChI=1S/C12H14ClN5S/c1-3-9-16-11(18-14)7(2)12(17-9)19-10-5-4-8(13)6-15-10/h4-6H,3,14H2,1-2H3,(H,16,17,18). The number of halogens is 1. The summed E-state index contributed by atoms with van der Waals surface area (Å²) in [5.74, 6) is 6.86. The molecule has 2 aromatic heterocycles. The van der Waals surface area contributed by atoms with E-state index in [0.29, 0.717) is 10.8 Å². The van der Waals surface area contributed by atoms with Crippen LogP contribution in [0.1, 0.15) is 18.3 Å². The summed E-state index contributed by atoms with van der Waals surface area (Å²) in [4.78, 5) is 13.1. The van der Waals surface area contributed by atoms with E-state index in [4.69, 9.17) is 17.4 Å². The molecule has 0 aromatic carbocycles. The second-order valence-electron chi connectivity index (χ2n) is 3.83. The molecule has 0 spiro atoms. The first-order valence-corrected chi connectivity index (χ1v) is 6.97. The molecule has 0 fully saturated rings. The molecule has 0 saturated carbocycles. The zero-order valence-corrected chi connectivity index (χ0v) is 12.2. The van der Waals surface area contributed by atoms with Crippen LogP contribution in [0.3, 0.4) is 0 Å². The Morgan fingerprint density at radius 2 is 2.16 bits per heavy atom. The van der Waals surface area contributed by atoms with Gasteiger partial charge in [-0.3, -0.25) is 0 Å². The number of nitrogens with zero attached hydrogens (tertiary/aromatic N) is 3. The maximum Gasteiger partial charge on any atom is 0.147 e. The highest BCUT2D eigenvalue weighted by molar-refractivity contribution is 7.99. The topological polar surface area (TPSA) is 76.7 Å². The summed E-state index contributed by atoms with van der Waals surface area (Å²) in [7, 11) is 0. The Kier molecular flexibility index (Phi) is 4.57.